The number of benzene rings is 2. The van der Waals surface area contributed by atoms with Crippen molar-refractivity contribution in [1.82, 2.24) is 15.0 Å². The van der Waals surface area contributed by atoms with Crippen LogP contribution in [0.2, 0.25) is 0 Å². The zero-order valence-corrected chi connectivity index (χ0v) is 12.8. The maximum atomic E-state index is 13.3. The average molecular weight is 315 g/mol. The van der Waals surface area contributed by atoms with Crippen LogP contribution in [0.15, 0.2) is 79.1 Å². The van der Waals surface area contributed by atoms with Crippen LogP contribution < -0.4 is 0 Å². The fraction of sp³-hybridized carbons (Fsp3) is 0. The molecule has 0 saturated heterocycles. The molecule has 0 aliphatic carbocycles. The van der Waals surface area contributed by atoms with Crippen LogP contribution in [0.3, 0.4) is 0 Å². The molecule has 4 heteroatoms. The van der Waals surface area contributed by atoms with Crippen molar-refractivity contribution in [3.05, 3.63) is 84.9 Å². The maximum Gasteiger partial charge on any atom is 0.138 e. The van der Waals surface area contributed by atoms with Gasteiger partial charge in [-0.25, -0.2) is 9.37 Å². The molecule has 2 aromatic heterocycles. The number of halogens is 1. The number of hydrogen-bond donors (Lipinski definition) is 1. The van der Waals surface area contributed by atoms with Gasteiger partial charge in [-0.3, -0.25) is 4.98 Å². The number of nitrogens with zero attached hydrogens (tertiary/aromatic N) is 2. The molecule has 116 valence electrons. The molecule has 24 heavy (non-hydrogen) atoms. The number of pyridine rings is 1. The molecule has 3 nitrogen and oxygen atoms in total. The molecule has 0 atom stereocenters. The van der Waals surface area contributed by atoms with Gasteiger partial charge in [0.2, 0.25) is 0 Å². The Bertz CT molecular complexity index is 945. The Labute approximate surface area is 138 Å². The number of nitrogens with one attached hydrogen (secondary N) is 1. The monoisotopic (exact) mass is 315 g/mol. The van der Waals surface area contributed by atoms with Crippen molar-refractivity contribution < 1.29 is 4.39 Å². The van der Waals surface area contributed by atoms with E-state index in [1.807, 2.05) is 42.5 Å². The van der Waals surface area contributed by atoms with E-state index in [4.69, 9.17) is 4.98 Å². The molecule has 0 fully saturated rings. The normalized spacial score (nSPS) is 10.7. The third-order valence-corrected chi connectivity index (χ3v) is 3.82. The molecule has 2 heterocycles. The summed E-state index contributed by atoms with van der Waals surface area (Å²) in [4.78, 5) is 12.3. The molecule has 1 N–H and O–H groups in total. The molecule has 0 aliphatic heterocycles. The van der Waals surface area contributed by atoms with Gasteiger partial charge in [-0.15, -0.1) is 0 Å². The number of aromatic nitrogens is 3. The number of H-pyrrole nitrogens is 1. The van der Waals surface area contributed by atoms with Gasteiger partial charge in [-0.1, -0.05) is 30.3 Å². The highest BCUT2D eigenvalue weighted by molar-refractivity contribution is 5.80. The molecule has 0 radical (unpaired) electrons. The Kier molecular flexibility index (Phi) is 3.63. The summed E-state index contributed by atoms with van der Waals surface area (Å²) in [6.07, 6.45) is 3.50. The third-order valence-electron chi connectivity index (χ3n) is 3.82. The summed E-state index contributed by atoms with van der Waals surface area (Å²) in [5.41, 5.74) is 4.44. The third kappa shape index (κ3) is 2.70. The maximum absolute atomic E-state index is 13.3. The van der Waals surface area contributed by atoms with Crippen LogP contribution in [-0.4, -0.2) is 15.0 Å². The van der Waals surface area contributed by atoms with Gasteiger partial charge in [-0.05, 0) is 36.4 Å². The van der Waals surface area contributed by atoms with Crippen LogP contribution >= 0.6 is 0 Å². The van der Waals surface area contributed by atoms with Crippen molar-refractivity contribution in [2.75, 3.05) is 0 Å². The summed E-state index contributed by atoms with van der Waals surface area (Å²) in [7, 11) is 0. The smallest absolute Gasteiger partial charge is 0.138 e. The lowest BCUT2D eigenvalue weighted by molar-refractivity contribution is 0.628. The van der Waals surface area contributed by atoms with Gasteiger partial charge in [0.25, 0.3) is 0 Å². The Morgan fingerprint density at radius 1 is 0.750 bits per heavy atom. The summed E-state index contributed by atoms with van der Waals surface area (Å²) in [5.74, 6) is 0.512. The topological polar surface area (TPSA) is 41.6 Å². The SMILES string of the molecule is Fc1ccc(-c2[nH]c(-c3ccccc3)nc2-c2cccnc2)cc1. The largest absolute Gasteiger partial charge is 0.337 e. The van der Waals surface area contributed by atoms with E-state index < -0.39 is 0 Å². The zero-order chi connectivity index (χ0) is 16.4. The van der Waals surface area contributed by atoms with Gasteiger partial charge in [0.05, 0.1) is 11.4 Å². The van der Waals surface area contributed by atoms with Crippen molar-refractivity contribution in [2.45, 2.75) is 0 Å². The summed E-state index contributed by atoms with van der Waals surface area (Å²) in [5, 5.41) is 0. The summed E-state index contributed by atoms with van der Waals surface area (Å²) < 4.78 is 13.3. The number of aromatic amines is 1. The minimum Gasteiger partial charge on any atom is -0.337 e. The molecular formula is C20H14FN3. The van der Waals surface area contributed by atoms with Crippen molar-refractivity contribution in [1.29, 1.82) is 0 Å². The van der Waals surface area contributed by atoms with Crippen LogP contribution in [0.25, 0.3) is 33.9 Å². The van der Waals surface area contributed by atoms with Crippen molar-refractivity contribution in [3.63, 3.8) is 0 Å². The van der Waals surface area contributed by atoms with Gasteiger partial charge in [-0.2, -0.15) is 0 Å². The van der Waals surface area contributed by atoms with Gasteiger partial charge in [0, 0.05) is 29.1 Å². The summed E-state index contributed by atoms with van der Waals surface area (Å²) in [6.45, 7) is 0. The lowest BCUT2D eigenvalue weighted by atomic mass is 10.1. The predicted octanol–water partition coefficient (Wildman–Crippen LogP) is 4.94. The fourth-order valence-corrected chi connectivity index (χ4v) is 2.64. The minimum atomic E-state index is -0.260. The molecule has 0 aliphatic rings. The first-order valence-electron chi connectivity index (χ1n) is 7.63. The highest BCUT2D eigenvalue weighted by Gasteiger charge is 2.15. The quantitative estimate of drug-likeness (QED) is 0.581. The van der Waals surface area contributed by atoms with Crippen molar-refractivity contribution in [3.8, 4) is 33.9 Å². The van der Waals surface area contributed by atoms with Crippen molar-refractivity contribution >= 4 is 0 Å². The van der Waals surface area contributed by atoms with Crippen molar-refractivity contribution in [2.24, 2.45) is 0 Å². The second-order valence-electron chi connectivity index (χ2n) is 5.42. The van der Waals surface area contributed by atoms with E-state index in [0.29, 0.717) is 0 Å². The first-order chi connectivity index (χ1) is 11.8. The average Bonchev–Trinajstić information content (AvgIpc) is 3.09. The summed E-state index contributed by atoms with van der Waals surface area (Å²) in [6, 6.07) is 20.1. The van der Waals surface area contributed by atoms with Crippen LogP contribution in [0.1, 0.15) is 0 Å². The Balaban J connectivity index is 1.90. The molecule has 0 amide bonds. The van der Waals surface area contributed by atoms with Crippen LogP contribution in [-0.2, 0) is 0 Å². The van der Waals surface area contributed by atoms with Gasteiger partial charge < -0.3 is 4.98 Å². The molecule has 0 bridgehead atoms. The van der Waals surface area contributed by atoms with Crippen LogP contribution in [0.4, 0.5) is 4.39 Å². The van der Waals surface area contributed by atoms with E-state index in [2.05, 4.69) is 9.97 Å². The van der Waals surface area contributed by atoms with E-state index in [-0.39, 0.29) is 5.82 Å². The predicted molar refractivity (Wildman–Crippen MR) is 92.6 cm³/mol. The molecule has 0 spiro atoms. The molecule has 2 aromatic carbocycles. The van der Waals surface area contributed by atoms with E-state index in [9.17, 15) is 4.39 Å². The van der Waals surface area contributed by atoms with E-state index in [0.717, 1.165) is 33.9 Å². The molecule has 4 aromatic rings. The second kappa shape index (κ2) is 6.08. The molecule has 4 rings (SSSR count). The second-order valence-corrected chi connectivity index (χ2v) is 5.42. The highest BCUT2D eigenvalue weighted by Crippen LogP contribution is 2.32. The summed E-state index contributed by atoms with van der Waals surface area (Å²) >= 11 is 0. The van der Waals surface area contributed by atoms with E-state index in [1.165, 1.54) is 12.1 Å². The Hall–Kier alpha value is -3.27. The molecule has 0 unspecified atom stereocenters. The Morgan fingerprint density at radius 3 is 2.21 bits per heavy atom. The number of hydrogen-bond acceptors (Lipinski definition) is 2. The molecular weight excluding hydrogens is 301 g/mol. The molecule has 0 saturated carbocycles. The standard InChI is InChI=1S/C20H14FN3/c21-17-10-8-14(9-11-17)18-19(16-7-4-12-22-13-16)24-20(23-18)15-5-2-1-3-6-15/h1-13H,(H,23,24). The van der Waals surface area contributed by atoms with Gasteiger partial charge in [0.1, 0.15) is 11.6 Å². The van der Waals surface area contributed by atoms with Gasteiger partial charge in [0.15, 0.2) is 0 Å². The van der Waals surface area contributed by atoms with E-state index in [1.54, 1.807) is 24.5 Å². The zero-order valence-electron chi connectivity index (χ0n) is 12.8. The lowest BCUT2D eigenvalue weighted by Crippen LogP contribution is -1.85. The first kappa shape index (κ1) is 14.3. The van der Waals surface area contributed by atoms with Gasteiger partial charge >= 0.3 is 0 Å². The Morgan fingerprint density at radius 2 is 1.50 bits per heavy atom. The lowest BCUT2D eigenvalue weighted by Gasteiger charge is -2.02. The first-order valence-corrected chi connectivity index (χ1v) is 7.63. The van der Waals surface area contributed by atoms with Crippen LogP contribution in [0, 0.1) is 5.82 Å². The number of rotatable bonds is 3. The van der Waals surface area contributed by atoms with E-state index >= 15 is 0 Å². The number of imidazole rings is 1. The highest BCUT2D eigenvalue weighted by atomic mass is 19.1. The van der Waals surface area contributed by atoms with Crippen LogP contribution in [0.5, 0.6) is 0 Å². The fourth-order valence-electron chi connectivity index (χ4n) is 2.64. The minimum absolute atomic E-state index is 0.260.